The van der Waals surface area contributed by atoms with Gasteiger partial charge in [0.25, 0.3) is 0 Å². The van der Waals surface area contributed by atoms with Crippen molar-refractivity contribution in [3.63, 3.8) is 0 Å². The van der Waals surface area contributed by atoms with Crippen molar-refractivity contribution in [2.24, 2.45) is 0 Å². The smallest absolute Gasteiger partial charge is 0.176 e. The van der Waals surface area contributed by atoms with Crippen molar-refractivity contribution < 1.29 is 4.79 Å². The molecule has 0 aliphatic rings. The molecular formula is C12H15Cl2NO. The fourth-order valence-electron chi connectivity index (χ4n) is 1.28. The number of carbonyl (C=O) groups is 1. The molecule has 0 aliphatic carbocycles. The SMILES string of the molecule is CCCCNCC(=O)c1ccc(Cl)c(Cl)c1. The molecule has 1 N–H and O–H groups in total. The van der Waals surface area contributed by atoms with Gasteiger partial charge in [0, 0.05) is 5.56 Å². The third-order valence-corrected chi connectivity index (χ3v) is 2.97. The van der Waals surface area contributed by atoms with Crippen LogP contribution >= 0.6 is 23.2 Å². The molecule has 0 amide bonds. The number of rotatable bonds is 6. The van der Waals surface area contributed by atoms with Crippen LogP contribution in [0.2, 0.25) is 10.0 Å². The molecule has 0 bridgehead atoms. The summed E-state index contributed by atoms with van der Waals surface area (Å²) in [5.41, 5.74) is 0.596. The van der Waals surface area contributed by atoms with E-state index in [0.29, 0.717) is 22.2 Å². The molecule has 0 saturated heterocycles. The van der Waals surface area contributed by atoms with Crippen LogP contribution in [0.25, 0.3) is 0 Å². The number of halogens is 2. The van der Waals surface area contributed by atoms with Gasteiger partial charge in [-0.25, -0.2) is 0 Å². The van der Waals surface area contributed by atoms with E-state index in [1.54, 1.807) is 18.2 Å². The summed E-state index contributed by atoms with van der Waals surface area (Å²) in [5.74, 6) is 0.0367. The third kappa shape index (κ3) is 4.12. The largest absolute Gasteiger partial charge is 0.310 e. The van der Waals surface area contributed by atoms with E-state index in [1.807, 2.05) is 0 Å². The minimum atomic E-state index is 0.0367. The Bertz CT molecular complexity index is 366. The maximum Gasteiger partial charge on any atom is 0.176 e. The molecule has 16 heavy (non-hydrogen) atoms. The van der Waals surface area contributed by atoms with Gasteiger partial charge in [0.15, 0.2) is 5.78 Å². The number of ketones is 1. The van der Waals surface area contributed by atoms with E-state index in [9.17, 15) is 4.79 Å². The van der Waals surface area contributed by atoms with Gasteiger partial charge >= 0.3 is 0 Å². The van der Waals surface area contributed by atoms with E-state index in [2.05, 4.69) is 12.2 Å². The van der Waals surface area contributed by atoms with E-state index in [1.165, 1.54) is 0 Å². The number of unbranched alkanes of at least 4 members (excludes halogenated alkanes) is 1. The Morgan fingerprint density at radius 2 is 2.06 bits per heavy atom. The van der Waals surface area contributed by atoms with Crippen molar-refractivity contribution in [3.05, 3.63) is 33.8 Å². The van der Waals surface area contributed by atoms with Gasteiger partial charge in [0.1, 0.15) is 0 Å². The number of hydrogen-bond acceptors (Lipinski definition) is 2. The molecule has 0 heterocycles. The summed E-state index contributed by atoms with van der Waals surface area (Å²) in [5, 5.41) is 3.98. The first-order valence-corrected chi connectivity index (χ1v) is 6.09. The molecule has 0 radical (unpaired) electrons. The Hall–Kier alpha value is -0.570. The fourth-order valence-corrected chi connectivity index (χ4v) is 1.57. The molecule has 1 rings (SSSR count). The zero-order chi connectivity index (χ0) is 12.0. The highest BCUT2D eigenvalue weighted by atomic mass is 35.5. The Labute approximate surface area is 106 Å². The molecular weight excluding hydrogens is 245 g/mol. The molecule has 1 aromatic carbocycles. The highest BCUT2D eigenvalue weighted by molar-refractivity contribution is 6.42. The maximum absolute atomic E-state index is 11.7. The minimum absolute atomic E-state index is 0.0367. The van der Waals surface area contributed by atoms with Crippen molar-refractivity contribution >= 4 is 29.0 Å². The van der Waals surface area contributed by atoms with Crippen LogP contribution in [0.3, 0.4) is 0 Å². The first-order chi connectivity index (χ1) is 7.65. The van der Waals surface area contributed by atoms with Gasteiger partial charge in [0.05, 0.1) is 16.6 Å². The zero-order valence-corrected chi connectivity index (χ0v) is 10.7. The van der Waals surface area contributed by atoms with Crippen LogP contribution in [-0.2, 0) is 0 Å². The second-order valence-electron chi connectivity index (χ2n) is 3.58. The summed E-state index contributed by atoms with van der Waals surface area (Å²) in [7, 11) is 0. The van der Waals surface area contributed by atoms with E-state index < -0.39 is 0 Å². The molecule has 0 aliphatic heterocycles. The summed E-state index contributed by atoms with van der Waals surface area (Å²) in [6.45, 7) is 3.32. The van der Waals surface area contributed by atoms with Crippen molar-refractivity contribution in [3.8, 4) is 0 Å². The molecule has 0 spiro atoms. The van der Waals surface area contributed by atoms with Crippen molar-refractivity contribution in [1.82, 2.24) is 5.32 Å². The van der Waals surface area contributed by atoms with E-state index in [0.717, 1.165) is 19.4 Å². The van der Waals surface area contributed by atoms with E-state index >= 15 is 0 Å². The monoisotopic (exact) mass is 259 g/mol. The number of nitrogens with one attached hydrogen (secondary N) is 1. The van der Waals surface area contributed by atoms with Gasteiger partial charge < -0.3 is 5.32 Å². The Morgan fingerprint density at radius 3 is 2.69 bits per heavy atom. The van der Waals surface area contributed by atoms with Gasteiger partial charge in [-0.05, 0) is 31.2 Å². The number of Topliss-reactive ketones (excluding diaryl/α,β-unsaturated/α-hetero) is 1. The van der Waals surface area contributed by atoms with Crippen LogP contribution in [0.1, 0.15) is 30.1 Å². The van der Waals surface area contributed by atoms with Gasteiger partial charge in [-0.2, -0.15) is 0 Å². The van der Waals surface area contributed by atoms with Crippen LogP contribution in [0, 0.1) is 0 Å². The van der Waals surface area contributed by atoms with Crippen LogP contribution < -0.4 is 5.32 Å². The summed E-state index contributed by atoms with van der Waals surface area (Å²) < 4.78 is 0. The lowest BCUT2D eigenvalue weighted by Crippen LogP contribution is -2.23. The first kappa shape index (κ1) is 13.5. The Morgan fingerprint density at radius 1 is 1.31 bits per heavy atom. The average molecular weight is 260 g/mol. The highest BCUT2D eigenvalue weighted by Crippen LogP contribution is 2.22. The summed E-state index contributed by atoms with van der Waals surface area (Å²) >= 11 is 11.6. The predicted molar refractivity (Wildman–Crippen MR) is 68.6 cm³/mol. The number of hydrogen-bond donors (Lipinski definition) is 1. The summed E-state index contributed by atoms with van der Waals surface area (Å²) in [6, 6.07) is 4.94. The second-order valence-corrected chi connectivity index (χ2v) is 4.40. The molecule has 4 heteroatoms. The van der Waals surface area contributed by atoms with Crippen molar-refractivity contribution in [2.45, 2.75) is 19.8 Å². The molecule has 2 nitrogen and oxygen atoms in total. The fraction of sp³-hybridized carbons (Fsp3) is 0.417. The molecule has 0 unspecified atom stereocenters. The molecule has 0 atom stereocenters. The Kier molecular flexibility index (Phi) is 5.81. The van der Waals surface area contributed by atoms with Crippen LogP contribution in [0.15, 0.2) is 18.2 Å². The number of carbonyl (C=O) groups excluding carboxylic acids is 1. The van der Waals surface area contributed by atoms with E-state index in [4.69, 9.17) is 23.2 Å². The van der Waals surface area contributed by atoms with Gasteiger partial charge in [0.2, 0.25) is 0 Å². The van der Waals surface area contributed by atoms with Gasteiger partial charge in [-0.1, -0.05) is 36.5 Å². The highest BCUT2D eigenvalue weighted by Gasteiger charge is 2.07. The standard InChI is InChI=1S/C12H15Cl2NO/c1-2-3-6-15-8-12(16)9-4-5-10(13)11(14)7-9/h4-5,7,15H,2-3,6,8H2,1H3. The molecule has 0 aromatic heterocycles. The quantitative estimate of drug-likeness (QED) is 0.625. The molecule has 88 valence electrons. The minimum Gasteiger partial charge on any atom is -0.310 e. The Balaban J connectivity index is 2.50. The number of benzene rings is 1. The molecule has 0 fully saturated rings. The van der Waals surface area contributed by atoms with Crippen LogP contribution in [0.5, 0.6) is 0 Å². The zero-order valence-electron chi connectivity index (χ0n) is 9.22. The lowest BCUT2D eigenvalue weighted by atomic mass is 10.1. The molecule has 1 aromatic rings. The first-order valence-electron chi connectivity index (χ1n) is 5.34. The lowest BCUT2D eigenvalue weighted by Gasteiger charge is -2.04. The summed E-state index contributed by atoms with van der Waals surface area (Å²) in [6.07, 6.45) is 2.20. The topological polar surface area (TPSA) is 29.1 Å². The normalized spacial score (nSPS) is 10.4. The van der Waals surface area contributed by atoms with Crippen molar-refractivity contribution in [1.29, 1.82) is 0 Å². The van der Waals surface area contributed by atoms with Crippen LogP contribution in [-0.4, -0.2) is 18.9 Å². The average Bonchev–Trinajstić information content (AvgIpc) is 2.28. The third-order valence-electron chi connectivity index (χ3n) is 2.23. The van der Waals surface area contributed by atoms with Gasteiger partial charge in [-0.3, -0.25) is 4.79 Å². The van der Waals surface area contributed by atoms with Crippen molar-refractivity contribution in [2.75, 3.05) is 13.1 Å². The maximum atomic E-state index is 11.7. The lowest BCUT2D eigenvalue weighted by molar-refractivity contribution is 0.0991. The van der Waals surface area contributed by atoms with E-state index in [-0.39, 0.29) is 5.78 Å². The second kappa shape index (κ2) is 6.89. The van der Waals surface area contributed by atoms with Gasteiger partial charge in [-0.15, -0.1) is 0 Å². The summed E-state index contributed by atoms with van der Waals surface area (Å²) in [4.78, 5) is 11.7. The predicted octanol–water partition coefficient (Wildman–Crippen LogP) is 3.57. The van der Waals surface area contributed by atoms with Crippen LogP contribution in [0.4, 0.5) is 0 Å². The molecule has 0 saturated carbocycles.